The number of para-hydroxylation sites is 1. The number of fused-ring (bicyclic) bond motifs is 1. The van der Waals surface area contributed by atoms with Gasteiger partial charge in [-0.3, -0.25) is 9.78 Å². The summed E-state index contributed by atoms with van der Waals surface area (Å²) in [7, 11) is 0. The zero-order valence-electron chi connectivity index (χ0n) is 11.3. The van der Waals surface area contributed by atoms with Crippen LogP contribution in [0.15, 0.2) is 36.5 Å². The summed E-state index contributed by atoms with van der Waals surface area (Å²) < 4.78 is 0. The number of likely N-dealkylation sites (tertiary alicyclic amines) is 1. The third-order valence-electron chi connectivity index (χ3n) is 3.87. The molecule has 3 rings (SSSR count). The molecule has 2 heterocycles. The molecule has 0 radical (unpaired) electrons. The van der Waals surface area contributed by atoms with Crippen molar-refractivity contribution in [2.75, 3.05) is 18.8 Å². The van der Waals surface area contributed by atoms with E-state index in [4.69, 9.17) is 0 Å². The number of aromatic nitrogens is 1. The number of nitrogens with zero attached hydrogens (tertiary/aromatic N) is 2. The Bertz CT molecular complexity index is 629. The van der Waals surface area contributed by atoms with Gasteiger partial charge in [0.05, 0.1) is 5.52 Å². The summed E-state index contributed by atoms with van der Waals surface area (Å²) in [6.45, 7) is 1.63. The third kappa shape index (κ3) is 2.80. The number of carbonyl (C=O) groups excluding carboxylic acids is 1. The van der Waals surface area contributed by atoms with Crippen molar-refractivity contribution in [3.05, 3.63) is 42.1 Å². The van der Waals surface area contributed by atoms with Crippen molar-refractivity contribution in [3.63, 3.8) is 0 Å². The first-order valence-corrected chi connectivity index (χ1v) is 7.62. The molecule has 0 bridgehead atoms. The Balaban J connectivity index is 1.66. The molecule has 1 amide bonds. The van der Waals surface area contributed by atoms with E-state index in [1.165, 1.54) is 5.56 Å². The fourth-order valence-corrected chi connectivity index (χ4v) is 2.95. The molecule has 3 nitrogen and oxygen atoms in total. The van der Waals surface area contributed by atoms with Crippen LogP contribution in [0, 0.1) is 5.92 Å². The molecule has 1 aliphatic heterocycles. The summed E-state index contributed by atoms with van der Waals surface area (Å²) in [5.74, 6) is 1.47. The summed E-state index contributed by atoms with van der Waals surface area (Å²) in [5, 5.41) is 1.16. The van der Waals surface area contributed by atoms with Gasteiger partial charge in [-0.25, -0.2) is 0 Å². The Kier molecular flexibility index (Phi) is 3.92. The maximum absolute atomic E-state index is 11.9. The quantitative estimate of drug-likeness (QED) is 0.876. The molecule has 1 saturated heterocycles. The van der Waals surface area contributed by atoms with Gasteiger partial charge < -0.3 is 4.90 Å². The summed E-state index contributed by atoms with van der Waals surface area (Å²) >= 11 is 4.29. The lowest BCUT2D eigenvalue weighted by Gasteiger charge is -2.16. The van der Waals surface area contributed by atoms with Crippen LogP contribution in [-0.2, 0) is 11.2 Å². The molecule has 2 aromatic rings. The Morgan fingerprint density at radius 1 is 1.35 bits per heavy atom. The minimum atomic E-state index is 0.262. The standard InChI is InChI=1S/C16H18N2OS/c19-16-8-13(11-20)10-18(16)6-5-12-7-14-3-1-2-4-15(14)17-9-12/h1-4,7,9,13,20H,5-6,8,10-11H2. The SMILES string of the molecule is O=C1CC(CS)CN1CCc1cnc2ccccc2c1. The number of amides is 1. The van der Waals surface area contributed by atoms with Crippen LogP contribution in [0.5, 0.6) is 0 Å². The highest BCUT2D eigenvalue weighted by molar-refractivity contribution is 7.80. The van der Waals surface area contributed by atoms with Crippen molar-refractivity contribution in [3.8, 4) is 0 Å². The highest BCUT2D eigenvalue weighted by Crippen LogP contribution is 2.19. The number of hydrogen-bond donors (Lipinski definition) is 1. The lowest BCUT2D eigenvalue weighted by Crippen LogP contribution is -2.27. The van der Waals surface area contributed by atoms with Crippen LogP contribution in [0.2, 0.25) is 0 Å². The van der Waals surface area contributed by atoms with Crippen molar-refractivity contribution < 1.29 is 4.79 Å². The van der Waals surface area contributed by atoms with Crippen molar-refractivity contribution >= 4 is 29.4 Å². The van der Waals surface area contributed by atoms with E-state index in [0.717, 1.165) is 36.2 Å². The van der Waals surface area contributed by atoms with Gasteiger partial charge in [0.15, 0.2) is 0 Å². The molecule has 1 aromatic carbocycles. The van der Waals surface area contributed by atoms with Crippen molar-refractivity contribution in [1.29, 1.82) is 0 Å². The summed E-state index contributed by atoms with van der Waals surface area (Å²) in [4.78, 5) is 18.3. The second kappa shape index (κ2) is 5.83. The first-order chi connectivity index (χ1) is 9.76. The average Bonchev–Trinajstić information content (AvgIpc) is 2.85. The molecular formula is C16H18N2OS. The maximum atomic E-state index is 11.9. The molecule has 1 unspecified atom stereocenters. The van der Waals surface area contributed by atoms with Gasteiger partial charge in [0.25, 0.3) is 0 Å². The van der Waals surface area contributed by atoms with Gasteiger partial charge in [-0.1, -0.05) is 18.2 Å². The van der Waals surface area contributed by atoms with Crippen molar-refractivity contribution in [2.24, 2.45) is 5.92 Å². The predicted molar refractivity (Wildman–Crippen MR) is 84.0 cm³/mol. The molecule has 4 heteroatoms. The Morgan fingerprint density at radius 2 is 2.20 bits per heavy atom. The molecule has 1 fully saturated rings. The predicted octanol–water partition coefficient (Wildman–Crippen LogP) is 2.56. The lowest BCUT2D eigenvalue weighted by atomic mass is 10.1. The van der Waals surface area contributed by atoms with Crippen LogP contribution in [-0.4, -0.2) is 34.6 Å². The Morgan fingerprint density at radius 3 is 3.00 bits per heavy atom. The number of pyridine rings is 1. The molecule has 1 aromatic heterocycles. The van der Waals surface area contributed by atoms with Crippen LogP contribution in [0.4, 0.5) is 0 Å². The number of hydrogen-bond acceptors (Lipinski definition) is 3. The summed E-state index contributed by atoms with van der Waals surface area (Å²) in [5.41, 5.74) is 2.20. The fourth-order valence-electron chi connectivity index (χ4n) is 2.71. The minimum Gasteiger partial charge on any atom is -0.342 e. The van der Waals surface area contributed by atoms with E-state index in [0.29, 0.717) is 12.3 Å². The molecule has 0 aliphatic carbocycles. The van der Waals surface area contributed by atoms with E-state index in [9.17, 15) is 4.79 Å². The first kappa shape index (κ1) is 13.4. The van der Waals surface area contributed by atoms with E-state index >= 15 is 0 Å². The van der Waals surface area contributed by atoms with E-state index in [2.05, 4.69) is 29.7 Å². The molecule has 1 atom stereocenters. The van der Waals surface area contributed by atoms with Crippen molar-refractivity contribution in [1.82, 2.24) is 9.88 Å². The average molecular weight is 286 g/mol. The van der Waals surface area contributed by atoms with Gasteiger partial charge in [-0.05, 0) is 35.8 Å². The van der Waals surface area contributed by atoms with Crippen LogP contribution >= 0.6 is 12.6 Å². The number of benzene rings is 1. The van der Waals surface area contributed by atoms with Crippen molar-refractivity contribution in [2.45, 2.75) is 12.8 Å². The summed E-state index contributed by atoms with van der Waals surface area (Å²) in [6, 6.07) is 10.3. The van der Waals surface area contributed by atoms with Crippen LogP contribution in [0.1, 0.15) is 12.0 Å². The zero-order chi connectivity index (χ0) is 13.9. The van der Waals surface area contributed by atoms with Crippen LogP contribution in [0.3, 0.4) is 0 Å². The highest BCUT2D eigenvalue weighted by Gasteiger charge is 2.27. The third-order valence-corrected chi connectivity index (χ3v) is 4.39. The van der Waals surface area contributed by atoms with Gasteiger partial charge >= 0.3 is 0 Å². The number of thiol groups is 1. The van der Waals surface area contributed by atoms with E-state index in [-0.39, 0.29) is 5.91 Å². The van der Waals surface area contributed by atoms with E-state index < -0.39 is 0 Å². The van der Waals surface area contributed by atoms with E-state index in [1.807, 2.05) is 29.3 Å². The monoisotopic (exact) mass is 286 g/mol. The molecule has 0 N–H and O–H groups in total. The number of rotatable bonds is 4. The van der Waals surface area contributed by atoms with Crippen LogP contribution in [0.25, 0.3) is 10.9 Å². The van der Waals surface area contributed by atoms with Gasteiger partial charge in [0.2, 0.25) is 5.91 Å². The number of carbonyl (C=O) groups is 1. The molecule has 1 aliphatic rings. The van der Waals surface area contributed by atoms with Crippen LogP contribution < -0.4 is 0 Å². The second-order valence-corrected chi connectivity index (χ2v) is 5.74. The topological polar surface area (TPSA) is 33.2 Å². The van der Waals surface area contributed by atoms with E-state index in [1.54, 1.807) is 0 Å². The summed E-state index contributed by atoms with van der Waals surface area (Å²) in [6.07, 6.45) is 3.43. The largest absolute Gasteiger partial charge is 0.342 e. The van der Waals surface area contributed by atoms with Gasteiger partial charge in [0.1, 0.15) is 0 Å². The smallest absolute Gasteiger partial charge is 0.222 e. The molecule has 20 heavy (non-hydrogen) atoms. The normalized spacial score (nSPS) is 18.9. The highest BCUT2D eigenvalue weighted by atomic mass is 32.1. The van der Waals surface area contributed by atoms with Gasteiger partial charge in [-0.2, -0.15) is 12.6 Å². The molecule has 0 saturated carbocycles. The second-order valence-electron chi connectivity index (χ2n) is 5.38. The Hall–Kier alpha value is -1.55. The molecule has 104 valence electrons. The lowest BCUT2D eigenvalue weighted by molar-refractivity contribution is -0.127. The minimum absolute atomic E-state index is 0.262. The Labute approximate surface area is 124 Å². The molecule has 0 spiro atoms. The maximum Gasteiger partial charge on any atom is 0.222 e. The molecular weight excluding hydrogens is 268 g/mol. The van der Waals surface area contributed by atoms with Gasteiger partial charge in [0, 0.05) is 31.1 Å². The zero-order valence-corrected chi connectivity index (χ0v) is 12.2. The fraction of sp³-hybridized carbons (Fsp3) is 0.375. The first-order valence-electron chi connectivity index (χ1n) is 6.98. The van der Waals surface area contributed by atoms with Gasteiger partial charge in [-0.15, -0.1) is 0 Å².